The molecule has 2 aromatic heterocycles. The molecule has 0 aliphatic rings. The van der Waals surface area contributed by atoms with Gasteiger partial charge in [-0.05, 0) is 35.7 Å². The summed E-state index contributed by atoms with van der Waals surface area (Å²) in [5, 5.41) is 3.49. The highest BCUT2D eigenvalue weighted by molar-refractivity contribution is 5.51. The first-order valence-corrected chi connectivity index (χ1v) is 7.40. The van der Waals surface area contributed by atoms with Crippen LogP contribution in [0, 0.1) is 5.92 Å². The molecule has 0 fully saturated rings. The lowest BCUT2D eigenvalue weighted by Gasteiger charge is -2.22. The molecular weight excluding hydrogens is 260 g/mol. The molecular formula is C17H24N4. The molecule has 1 N–H and O–H groups in total. The van der Waals surface area contributed by atoms with Crippen LogP contribution >= 0.6 is 0 Å². The van der Waals surface area contributed by atoms with Gasteiger partial charge >= 0.3 is 0 Å². The maximum Gasteiger partial charge on any atom is 0.0598 e. The highest BCUT2D eigenvalue weighted by Gasteiger charge is 2.08. The lowest BCUT2D eigenvalue weighted by Crippen LogP contribution is -2.23. The third kappa shape index (κ3) is 4.83. The van der Waals surface area contributed by atoms with E-state index in [9.17, 15) is 0 Å². The second kappa shape index (κ2) is 7.74. The quantitative estimate of drug-likeness (QED) is 0.849. The lowest BCUT2D eigenvalue weighted by atomic mass is 10.1. The molecule has 0 saturated heterocycles. The highest BCUT2D eigenvalue weighted by atomic mass is 15.1. The molecule has 21 heavy (non-hydrogen) atoms. The van der Waals surface area contributed by atoms with Crippen LogP contribution in [-0.4, -0.2) is 23.6 Å². The Balaban J connectivity index is 2.04. The molecule has 0 radical (unpaired) electrons. The van der Waals surface area contributed by atoms with Crippen molar-refractivity contribution in [3.05, 3.63) is 54.1 Å². The number of hydrogen-bond donors (Lipinski definition) is 1. The molecule has 2 rings (SSSR count). The second-order valence-corrected chi connectivity index (χ2v) is 5.75. The van der Waals surface area contributed by atoms with Crippen molar-refractivity contribution in [2.24, 2.45) is 5.92 Å². The van der Waals surface area contributed by atoms with Crippen LogP contribution in [0.1, 0.15) is 25.0 Å². The van der Waals surface area contributed by atoms with Gasteiger partial charge in [-0.2, -0.15) is 0 Å². The van der Waals surface area contributed by atoms with E-state index in [4.69, 9.17) is 0 Å². The van der Waals surface area contributed by atoms with Crippen molar-refractivity contribution in [1.82, 2.24) is 15.3 Å². The fourth-order valence-electron chi connectivity index (χ4n) is 2.25. The Hall–Kier alpha value is -1.94. The van der Waals surface area contributed by atoms with E-state index in [-0.39, 0.29) is 0 Å². The normalized spacial score (nSPS) is 10.9. The summed E-state index contributed by atoms with van der Waals surface area (Å²) in [7, 11) is 2.09. The van der Waals surface area contributed by atoms with Crippen LogP contribution in [0.4, 0.5) is 5.69 Å². The number of aromatic nitrogens is 2. The minimum atomic E-state index is 0.656. The molecule has 4 nitrogen and oxygen atoms in total. The summed E-state index contributed by atoms with van der Waals surface area (Å²) >= 11 is 0. The van der Waals surface area contributed by atoms with Crippen molar-refractivity contribution in [1.29, 1.82) is 0 Å². The average Bonchev–Trinajstić information content (AvgIpc) is 2.48. The first-order valence-electron chi connectivity index (χ1n) is 7.40. The van der Waals surface area contributed by atoms with Gasteiger partial charge in [0.1, 0.15) is 0 Å². The number of pyridine rings is 2. The van der Waals surface area contributed by atoms with Crippen molar-refractivity contribution in [2.75, 3.05) is 18.5 Å². The van der Waals surface area contributed by atoms with Gasteiger partial charge in [0.05, 0.1) is 11.9 Å². The summed E-state index contributed by atoms with van der Waals surface area (Å²) in [4.78, 5) is 10.7. The van der Waals surface area contributed by atoms with Crippen LogP contribution in [0.2, 0.25) is 0 Å². The predicted molar refractivity (Wildman–Crippen MR) is 87.1 cm³/mol. The number of rotatable bonds is 7. The Morgan fingerprint density at radius 2 is 1.95 bits per heavy atom. The van der Waals surface area contributed by atoms with Crippen molar-refractivity contribution in [3.63, 3.8) is 0 Å². The highest BCUT2D eigenvalue weighted by Crippen LogP contribution is 2.19. The smallest absolute Gasteiger partial charge is 0.0598 e. The van der Waals surface area contributed by atoms with Gasteiger partial charge in [0.2, 0.25) is 0 Å². The Morgan fingerprint density at radius 1 is 1.14 bits per heavy atom. The van der Waals surface area contributed by atoms with E-state index in [1.54, 1.807) is 6.20 Å². The average molecular weight is 284 g/mol. The zero-order valence-electron chi connectivity index (χ0n) is 13.1. The summed E-state index contributed by atoms with van der Waals surface area (Å²) in [5.41, 5.74) is 3.64. The van der Waals surface area contributed by atoms with Gasteiger partial charge in [-0.15, -0.1) is 0 Å². The van der Waals surface area contributed by atoms with Gasteiger partial charge in [-0.1, -0.05) is 19.9 Å². The molecule has 2 aromatic rings. The van der Waals surface area contributed by atoms with E-state index in [0.29, 0.717) is 5.92 Å². The second-order valence-electron chi connectivity index (χ2n) is 5.75. The molecule has 0 saturated carbocycles. The summed E-state index contributed by atoms with van der Waals surface area (Å²) < 4.78 is 0. The van der Waals surface area contributed by atoms with Crippen molar-refractivity contribution >= 4 is 5.69 Å². The predicted octanol–water partition coefficient (Wildman–Crippen LogP) is 2.86. The fraction of sp³-hybridized carbons (Fsp3) is 0.412. The molecule has 0 unspecified atom stereocenters. The van der Waals surface area contributed by atoms with Crippen LogP contribution in [0.5, 0.6) is 0 Å². The summed E-state index contributed by atoms with van der Waals surface area (Å²) in [5.74, 6) is 0.656. The molecule has 0 aromatic carbocycles. The van der Waals surface area contributed by atoms with Crippen molar-refractivity contribution < 1.29 is 0 Å². The maximum atomic E-state index is 4.27. The van der Waals surface area contributed by atoms with E-state index >= 15 is 0 Å². The summed E-state index contributed by atoms with van der Waals surface area (Å²) in [6, 6.07) is 6.15. The monoisotopic (exact) mass is 284 g/mol. The van der Waals surface area contributed by atoms with Crippen LogP contribution in [0.25, 0.3) is 0 Å². The molecule has 4 heteroatoms. The Kier molecular flexibility index (Phi) is 5.69. The van der Waals surface area contributed by atoms with Crippen LogP contribution in [-0.2, 0) is 13.1 Å². The number of anilines is 1. The van der Waals surface area contributed by atoms with Gasteiger partial charge in [0, 0.05) is 38.7 Å². The minimum absolute atomic E-state index is 0.656. The number of nitrogens with zero attached hydrogens (tertiary/aromatic N) is 3. The minimum Gasteiger partial charge on any atom is -0.369 e. The zero-order chi connectivity index (χ0) is 15.1. The van der Waals surface area contributed by atoms with Gasteiger partial charge < -0.3 is 10.2 Å². The lowest BCUT2D eigenvalue weighted by molar-refractivity contribution is 0.552. The number of hydrogen-bond acceptors (Lipinski definition) is 4. The van der Waals surface area contributed by atoms with Crippen LogP contribution in [0.15, 0.2) is 43.0 Å². The molecule has 0 aliphatic carbocycles. The SMILES string of the molecule is CC(C)CNCc1ccncc1N(C)Cc1cccnc1. The molecule has 2 heterocycles. The van der Waals surface area contributed by atoms with Gasteiger partial charge in [0.25, 0.3) is 0 Å². The molecule has 0 spiro atoms. The van der Waals surface area contributed by atoms with E-state index in [0.717, 1.165) is 25.3 Å². The fourth-order valence-corrected chi connectivity index (χ4v) is 2.25. The Bertz CT molecular complexity index is 539. The third-order valence-electron chi connectivity index (χ3n) is 3.31. The number of nitrogens with one attached hydrogen (secondary N) is 1. The van der Waals surface area contributed by atoms with E-state index in [1.165, 1.54) is 11.1 Å². The van der Waals surface area contributed by atoms with Gasteiger partial charge in [-0.25, -0.2) is 0 Å². The molecule has 0 amide bonds. The Labute approximate surface area is 127 Å². The van der Waals surface area contributed by atoms with Crippen LogP contribution < -0.4 is 10.2 Å². The van der Waals surface area contributed by atoms with E-state index in [2.05, 4.69) is 53.2 Å². The molecule has 0 atom stereocenters. The van der Waals surface area contributed by atoms with Gasteiger partial charge in [-0.3, -0.25) is 9.97 Å². The molecule has 112 valence electrons. The zero-order valence-corrected chi connectivity index (χ0v) is 13.1. The topological polar surface area (TPSA) is 41.1 Å². The van der Waals surface area contributed by atoms with Crippen LogP contribution in [0.3, 0.4) is 0 Å². The van der Waals surface area contributed by atoms with Gasteiger partial charge in [0.15, 0.2) is 0 Å². The largest absolute Gasteiger partial charge is 0.369 e. The standard InChI is InChI=1S/C17H24N4/c1-14(2)9-20-11-16-6-8-19-12-17(16)21(3)13-15-5-4-7-18-10-15/h4-8,10,12,14,20H,9,11,13H2,1-3H3. The van der Waals surface area contributed by atoms with Crippen molar-refractivity contribution in [2.45, 2.75) is 26.9 Å². The first-order chi connectivity index (χ1) is 10.2. The van der Waals surface area contributed by atoms with E-state index < -0.39 is 0 Å². The molecule has 0 aliphatic heterocycles. The Morgan fingerprint density at radius 3 is 2.67 bits per heavy atom. The third-order valence-corrected chi connectivity index (χ3v) is 3.31. The summed E-state index contributed by atoms with van der Waals surface area (Å²) in [6.45, 7) is 7.15. The van der Waals surface area contributed by atoms with Crippen molar-refractivity contribution in [3.8, 4) is 0 Å². The molecule has 0 bridgehead atoms. The maximum absolute atomic E-state index is 4.27. The first kappa shape index (κ1) is 15.4. The van der Waals surface area contributed by atoms with E-state index in [1.807, 2.05) is 24.7 Å². The summed E-state index contributed by atoms with van der Waals surface area (Å²) in [6.07, 6.45) is 7.49.